The highest BCUT2D eigenvalue weighted by atomic mass is 32.2. The van der Waals surface area contributed by atoms with Gasteiger partial charge in [0.15, 0.2) is 0 Å². The second-order valence-electron chi connectivity index (χ2n) is 5.10. The molecule has 0 aliphatic carbocycles. The molecule has 0 spiro atoms. The third kappa shape index (κ3) is 3.99. The Morgan fingerprint density at radius 3 is 2.48 bits per heavy atom. The first-order valence-corrected chi connectivity index (χ1v) is 9.50. The molecule has 0 radical (unpaired) electrons. The summed E-state index contributed by atoms with van der Waals surface area (Å²) in [5.41, 5.74) is 1.99. The van der Waals surface area contributed by atoms with Crippen LogP contribution in [0.5, 0.6) is 0 Å². The van der Waals surface area contributed by atoms with E-state index in [1.807, 2.05) is 38.1 Å². The van der Waals surface area contributed by atoms with Gasteiger partial charge in [0, 0.05) is 6.04 Å². The van der Waals surface area contributed by atoms with Crippen molar-refractivity contribution in [3.8, 4) is 0 Å². The second-order valence-corrected chi connectivity index (χ2v) is 7.70. The highest BCUT2D eigenvalue weighted by Gasteiger charge is 2.27. The topological polar surface area (TPSA) is 72.5 Å². The molecule has 1 aromatic carbocycles. The fourth-order valence-electron chi connectivity index (χ4n) is 2.19. The van der Waals surface area contributed by atoms with Crippen LogP contribution in [0.4, 0.5) is 0 Å². The summed E-state index contributed by atoms with van der Waals surface area (Å²) in [6, 6.07) is 8.75. The number of carbonyl (C=O) groups excluding carboxylic acids is 1. The minimum atomic E-state index is -3.81. The van der Waals surface area contributed by atoms with Crippen LogP contribution in [0.25, 0.3) is 0 Å². The Morgan fingerprint density at radius 1 is 1.26 bits per heavy atom. The fourth-order valence-corrected chi connectivity index (χ4v) is 4.83. The molecule has 1 atom stereocenters. The second kappa shape index (κ2) is 7.25. The minimum absolute atomic E-state index is 0.0417. The van der Waals surface area contributed by atoms with Crippen LogP contribution in [0.3, 0.4) is 0 Å². The largest absolute Gasteiger partial charge is 0.465 e. The van der Waals surface area contributed by atoms with E-state index in [0.717, 1.165) is 22.5 Å². The molecule has 2 aromatic rings. The summed E-state index contributed by atoms with van der Waals surface area (Å²) in [6.07, 6.45) is 0.597. The molecule has 5 nitrogen and oxygen atoms in total. The summed E-state index contributed by atoms with van der Waals surface area (Å²) in [6.45, 7) is 3.88. The molecular weight excluding hydrogens is 334 g/mol. The Hall–Kier alpha value is -1.70. The average molecular weight is 353 g/mol. The third-order valence-corrected chi connectivity index (χ3v) is 6.01. The van der Waals surface area contributed by atoms with Crippen molar-refractivity contribution in [3.05, 3.63) is 51.7 Å². The smallest absolute Gasteiger partial charge is 0.349 e. The van der Waals surface area contributed by atoms with Crippen molar-refractivity contribution in [1.82, 2.24) is 4.72 Å². The van der Waals surface area contributed by atoms with Gasteiger partial charge in [-0.2, -0.15) is 0 Å². The number of carbonyl (C=O) groups is 1. The number of benzene rings is 1. The van der Waals surface area contributed by atoms with Gasteiger partial charge in [-0.15, -0.1) is 11.3 Å². The van der Waals surface area contributed by atoms with E-state index in [0.29, 0.717) is 6.42 Å². The van der Waals surface area contributed by atoms with Gasteiger partial charge >= 0.3 is 5.97 Å². The van der Waals surface area contributed by atoms with Crippen molar-refractivity contribution in [3.63, 3.8) is 0 Å². The average Bonchev–Trinajstić information content (AvgIpc) is 3.03. The van der Waals surface area contributed by atoms with Gasteiger partial charge in [-0.25, -0.2) is 17.9 Å². The predicted octanol–water partition coefficient (Wildman–Crippen LogP) is 3.27. The standard InChI is InChI=1S/C16H19NO4S2/c1-4-13(12-7-5-11(2)6-8-12)17-23(19,20)14-9-10-22-15(14)16(18)21-3/h5-10,13,17H,4H2,1-3H3. The molecule has 1 N–H and O–H groups in total. The van der Waals surface area contributed by atoms with Crippen molar-refractivity contribution >= 4 is 27.3 Å². The highest BCUT2D eigenvalue weighted by molar-refractivity contribution is 7.89. The lowest BCUT2D eigenvalue weighted by Gasteiger charge is -2.18. The van der Waals surface area contributed by atoms with E-state index in [4.69, 9.17) is 0 Å². The number of hydrogen-bond donors (Lipinski definition) is 1. The number of sulfonamides is 1. The highest BCUT2D eigenvalue weighted by Crippen LogP contribution is 2.26. The zero-order valence-electron chi connectivity index (χ0n) is 13.2. The number of nitrogens with one attached hydrogen (secondary N) is 1. The summed E-state index contributed by atoms with van der Waals surface area (Å²) in [4.78, 5) is 11.7. The number of methoxy groups -OCH3 is 1. The third-order valence-electron chi connectivity index (χ3n) is 3.47. The molecule has 124 valence electrons. The Bertz CT molecular complexity index is 779. The molecule has 7 heteroatoms. The first kappa shape index (κ1) is 17.7. The molecule has 0 saturated heterocycles. The molecule has 0 aliphatic rings. The number of aryl methyl sites for hydroxylation is 1. The van der Waals surface area contributed by atoms with Gasteiger partial charge in [-0.3, -0.25) is 0 Å². The van der Waals surface area contributed by atoms with Gasteiger partial charge in [0.25, 0.3) is 0 Å². The van der Waals surface area contributed by atoms with Gasteiger partial charge in [0.05, 0.1) is 7.11 Å². The van der Waals surface area contributed by atoms with Gasteiger partial charge in [-0.1, -0.05) is 36.8 Å². The predicted molar refractivity (Wildman–Crippen MR) is 90.2 cm³/mol. The molecule has 1 heterocycles. The van der Waals surface area contributed by atoms with E-state index >= 15 is 0 Å². The van der Waals surface area contributed by atoms with Crippen LogP contribution in [0.1, 0.15) is 40.2 Å². The summed E-state index contributed by atoms with van der Waals surface area (Å²) < 4.78 is 32.6. The molecule has 23 heavy (non-hydrogen) atoms. The molecule has 1 unspecified atom stereocenters. The SMILES string of the molecule is CCC(NS(=O)(=O)c1ccsc1C(=O)OC)c1ccc(C)cc1. The molecule has 0 saturated carbocycles. The van der Waals surface area contributed by atoms with Crippen molar-refractivity contribution in [2.24, 2.45) is 0 Å². The molecule has 0 bridgehead atoms. The number of esters is 1. The lowest BCUT2D eigenvalue weighted by molar-refractivity contribution is 0.0602. The van der Waals surface area contributed by atoms with E-state index in [2.05, 4.69) is 9.46 Å². The minimum Gasteiger partial charge on any atom is -0.465 e. The van der Waals surface area contributed by atoms with Gasteiger partial charge in [0.1, 0.15) is 9.77 Å². The summed E-state index contributed by atoms with van der Waals surface area (Å²) in [7, 11) is -2.58. The van der Waals surface area contributed by atoms with Crippen molar-refractivity contribution in [2.75, 3.05) is 7.11 Å². The normalized spacial score (nSPS) is 12.8. The van der Waals surface area contributed by atoms with Gasteiger partial charge in [-0.05, 0) is 30.4 Å². The van der Waals surface area contributed by atoms with Gasteiger partial charge < -0.3 is 4.74 Å². The zero-order valence-corrected chi connectivity index (χ0v) is 14.8. The zero-order chi connectivity index (χ0) is 17.0. The lowest BCUT2D eigenvalue weighted by atomic mass is 10.0. The molecular formula is C16H19NO4S2. The van der Waals surface area contributed by atoms with E-state index in [9.17, 15) is 13.2 Å². The van der Waals surface area contributed by atoms with Gasteiger partial charge in [0.2, 0.25) is 10.0 Å². The summed E-state index contributed by atoms with van der Waals surface area (Å²) >= 11 is 1.05. The van der Waals surface area contributed by atoms with Crippen molar-refractivity contribution in [2.45, 2.75) is 31.2 Å². The number of ether oxygens (including phenoxy) is 1. The van der Waals surface area contributed by atoms with E-state index in [1.165, 1.54) is 13.2 Å². The van der Waals surface area contributed by atoms with Crippen LogP contribution in [0.15, 0.2) is 40.6 Å². The van der Waals surface area contributed by atoms with Crippen LogP contribution in [-0.2, 0) is 14.8 Å². The van der Waals surface area contributed by atoms with Crippen LogP contribution in [-0.4, -0.2) is 21.5 Å². The Balaban J connectivity index is 2.31. The molecule has 0 amide bonds. The fraction of sp³-hybridized carbons (Fsp3) is 0.312. The first-order valence-electron chi connectivity index (χ1n) is 7.13. The maximum Gasteiger partial charge on any atom is 0.349 e. The summed E-state index contributed by atoms with van der Waals surface area (Å²) in [5, 5.41) is 1.56. The quantitative estimate of drug-likeness (QED) is 0.809. The van der Waals surface area contributed by atoms with E-state index in [1.54, 1.807) is 5.38 Å². The Morgan fingerprint density at radius 2 is 1.91 bits per heavy atom. The monoisotopic (exact) mass is 353 g/mol. The Kier molecular flexibility index (Phi) is 5.56. The van der Waals surface area contributed by atoms with Crippen molar-refractivity contribution < 1.29 is 17.9 Å². The van der Waals surface area contributed by atoms with Crippen LogP contribution >= 0.6 is 11.3 Å². The van der Waals surface area contributed by atoms with E-state index < -0.39 is 16.0 Å². The number of thiophene rings is 1. The maximum atomic E-state index is 12.6. The Labute approximate surface area is 140 Å². The first-order chi connectivity index (χ1) is 10.9. The molecule has 2 rings (SSSR count). The summed E-state index contributed by atoms with van der Waals surface area (Å²) in [5.74, 6) is -0.649. The van der Waals surface area contributed by atoms with Crippen LogP contribution in [0, 0.1) is 6.92 Å². The number of hydrogen-bond acceptors (Lipinski definition) is 5. The van der Waals surface area contributed by atoms with Crippen LogP contribution in [0.2, 0.25) is 0 Å². The van der Waals surface area contributed by atoms with E-state index in [-0.39, 0.29) is 15.8 Å². The molecule has 1 aromatic heterocycles. The maximum absolute atomic E-state index is 12.6. The molecule has 0 fully saturated rings. The van der Waals surface area contributed by atoms with Crippen molar-refractivity contribution in [1.29, 1.82) is 0 Å². The lowest BCUT2D eigenvalue weighted by Crippen LogP contribution is -2.29. The van der Waals surface area contributed by atoms with Crippen LogP contribution < -0.4 is 4.72 Å². The number of rotatable bonds is 6. The molecule has 0 aliphatic heterocycles.